The van der Waals surface area contributed by atoms with E-state index < -0.39 is 0 Å². The minimum atomic E-state index is 0.0664. The number of nitrogens with zero attached hydrogens (tertiary/aromatic N) is 1. The molecule has 0 atom stereocenters. The first-order chi connectivity index (χ1) is 9.10. The van der Waals surface area contributed by atoms with E-state index in [0.717, 1.165) is 34.7 Å². The van der Waals surface area contributed by atoms with Gasteiger partial charge in [-0.2, -0.15) is 0 Å². The predicted octanol–water partition coefficient (Wildman–Crippen LogP) is 2.66. The summed E-state index contributed by atoms with van der Waals surface area (Å²) < 4.78 is 0. The first-order valence-corrected chi connectivity index (χ1v) is 7.37. The minimum Gasteiger partial charge on any atom is -0.395 e. The fourth-order valence-electron chi connectivity index (χ4n) is 1.60. The second-order valence-corrected chi connectivity index (χ2v) is 5.53. The zero-order valence-corrected chi connectivity index (χ0v) is 12.6. The number of rotatable bonds is 5. The number of amides is 1. The lowest BCUT2D eigenvalue weighted by Crippen LogP contribution is -2.26. The molecule has 1 aromatic heterocycles. The lowest BCUT2D eigenvalue weighted by molar-refractivity contribution is 0.0798. The molecule has 0 radical (unpaired) electrons. The van der Waals surface area contributed by atoms with Crippen LogP contribution in [0.2, 0.25) is 0 Å². The number of hydrogen-bond acceptors (Lipinski definition) is 3. The lowest BCUT2D eigenvalue weighted by atomic mass is 10.2. The zero-order valence-electron chi connectivity index (χ0n) is 11.8. The van der Waals surface area contributed by atoms with Gasteiger partial charge < -0.3 is 10.0 Å². The largest absolute Gasteiger partial charge is 0.395 e. The van der Waals surface area contributed by atoms with Crippen molar-refractivity contribution >= 4 is 17.2 Å². The van der Waals surface area contributed by atoms with Gasteiger partial charge in [-0.05, 0) is 25.0 Å². The first kappa shape index (κ1) is 15.7. The van der Waals surface area contributed by atoms with E-state index in [9.17, 15) is 4.79 Å². The Bertz CT molecular complexity index is 482. The third-order valence-electron chi connectivity index (χ3n) is 2.76. The van der Waals surface area contributed by atoms with Crippen LogP contribution in [-0.2, 0) is 0 Å². The molecule has 0 saturated carbocycles. The number of thiophene rings is 1. The van der Waals surface area contributed by atoms with Gasteiger partial charge in [0.05, 0.1) is 16.4 Å². The van der Waals surface area contributed by atoms with E-state index >= 15 is 0 Å². The normalized spacial score (nSPS) is 9.89. The van der Waals surface area contributed by atoms with Crippen molar-refractivity contribution in [1.29, 1.82) is 0 Å². The molecule has 0 saturated heterocycles. The molecule has 0 unspecified atom stereocenters. The monoisotopic (exact) mass is 279 g/mol. The molecule has 0 aliphatic rings. The van der Waals surface area contributed by atoms with Gasteiger partial charge in [-0.1, -0.05) is 25.2 Å². The van der Waals surface area contributed by atoms with E-state index in [1.807, 2.05) is 20.0 Å². The van der Waals surface area contributed by atoms with E-state index in [1.165, 1.54) is 11.3 Å². The maximum absolute atomic E-state index is 12.2. The number of carbonyl (C=O) groups is 1. The number of aliphatic hydroxyl groups excluding tert-OH is 1. The molecule has 1 amide bonds. The average molecular weight is 279 g/mol. The van der Waals surface area contributed by atoms with Gasteiger partial charge in [-0.25, -0.2) is 0 Å². The Hall–Kier alpha value is -1.31. The molecule has 0 fully saturated rings. The van der Waals surface area contributed by atoms with E-state index in [2.05, 4.69) is 18.8 Å². The molecule has 1 rings (SSSR count). The molecule has 0 spiro atoms. The summed E-state index contributed by atoms with van der Waals surface area (Å²) in [5, 5.41) is 8.70. The number of aryl methyl sites for hydroxylation is 1. The van der Waals surface area contributed by atoms with Crippen molar-refractivity contribution in [2.75, 3.05) is 20.2 Å². The van der Waals surface area contributed by atoms with Gasteiger partial charge in [-0.15, -0.1) is 11.3 Å². The van der Waals surface area contributed by atoms with Crippen LogP contribution in [0.15, 0.2) is 6.07 Å². The third kappa shape index (κ3) is 4.70. The lowest BCUT2D eigenvalue weighted by Gasteiger charge is -2.15. The van der Waals surface area contributed by atoms with Crippen LogP contribution in [0, 0.1) is 18.8 Å². The molecule has 1 aromatic rings. The molecule has 1 N–H and O–H groups in total. The third-order valence-corrected chi connectivity index (χ3v) is 3.90. The van der Waals surface area contributed by atoms with Gasteiger partial charge >= 0.3 is 0 Å². The highest BCUT2D eigenvalue weighted by atomic mass is 32.1. The first-order valence-electron chi connectivity index (χ1n) is 6.55. The quantitative estimate of drug-likeness (QED) is 0.842. The molecule has 104 valence electrons. The predicted molar refractivity (Wildman–Crippen MR) is 79.5 cm³/mol. The van der Waals surface area contributed by atoms with Crippen molar-refractivity contribution in [3.63, 3.8) is 0 Å². The molecule has 0 aliphatic carbocycles. The maximum Gasteiger partial charge on any atom is 0.263 e. The Morgan fingerprint density at radius 3 is 2.89 bits per heavy atom. The smallest absolute Gasteiger partial charge is 0.263 e. The summed E-state index contributed by atoms with van der Waals surface area (Å²) >= 11 is 1.43. The van der Waals surface area contributed by atoms with Gasteiger partial charge in [0.25, 0.3) is 5.91 Å². The number of hydrogen-bond donors (Lipinski definition) is 1. The Morgan fingerprint density at radius 2 is 2.26 bits per heavy atom. The summed E-state index contributed by atoms with van der Waals surface area (Å²) in [7, 11) is 1.84. The van der Waals surface area contributed by atoms with Gasteiger partial charge in [-0.3, -0.25) is 4.79 Å². The van der Waals surface area contributed by atoms with Crippen LogP contribution in [0.4, 0.5) is 0 Å². The highest BCUT2D eigenvalue weighted by Crippen LogP contribution is 2.22. The fourth-order valence-corrected chi connectivity index (χ4v) is 2.64. The second-order valence-electron chi connectivity index (χ2n) is 4.48. The van der Waals surface area contributed by atoms with Crippen LogP contribution >= 0.6 is 11.3 Å². The SMILES string of the molecule is CCCCN(C)C(=O)c1cc(C)c(C#CCCO)s1. The summed E-state index contributed by atoms with van der Waals surface area (Å²) in [5.41, 5.74) is 1.03. The average Bonchev–Trinajstić information content (AvgIpc) is 2.77. The summed E-state index contributed by atoms with van der Waals surface area (Å²) in [6.45, 7) is 4.94. The number of unbranched alkanes of at least 4 members (excludes halogenated alkanes) is 1. The van der Waals surface area contributed by atoms with Crippen molar-refractivity contribution in [3.8, 4) is 11.8 Å². The molecule has 0 aliphatic heterocycles. The Balaban J connectivity index is 2.77. The molecule has 0 bridgehead atoms. The van der Waals surface area contributed by atoms with Crippen molar-refractivity contribution in [2.24, 2.45) is 0 Å². The topological polar surface area (TPSA) is 40.5 Å². The van der Waals surface area contributed by atoms with Gasteiger partial charge in [0.1, 0.15) is 0 Å². The number of aliphatic hydroxyl groups is 1. The summed E-state index contributed by atoms with van der Waals surface area (Å²) in [5.74, 6) is 5.97. The van der Waals surface area contributed by atoms with Crippen LogP contribution in [0.3, 0.4) is 0 Å². The van der Waals surface area contributed by atoms with E-state index in [4.69, 9.17) is 5.11 Å². The van der Waals surface area contributed by atoms with E-state index in [-0.39, 0.29) is 12.5 Å². The van der Waals surface area contributed by atoms with Gasteiger partial charge in [0.15, 0.2) is 0 Å². The van der Waals surface area contributed by atoms with Crippen LogP contribution < -0.4 is 0 Å². The molecule has 0 aromatic carbocycles. The highest BCUT2D eigenvalue weighted by molar-refractivity contribution is 7.14. The summed E-state index contributed by atoms with van der Waals surface area (Å²) in [6, 6.07) is 1.90. The van der Waals surface area contributed by atoms with Gasteiger partial charge in [0.2, 0.25) is 0 Å². The molecule has 19 heavy (non-hydrogen) atoms. The molecule has 1 heterocycles. The second kappa shape index (κ2) is 7.98. The van der Waals surface area contributed by atoms with Crippen LogP contribution in [0.1, 0.15) is 46.3 Å². The van der Waals surface area contributed by atoms with Crippen LogP contribution in [0.25, 0.3) is 0 Å². The van der Waals surface area contributed by atoms with Crippen LogP contribution in [0.5, 0.6) is 0 Å². The fraction of sp³-hybridized carbons (Fsp3) is 0.533. The summed E-state index contributed by atoms with van der Waals surface area (Å²) in [4.78, 5) is 15.6. The van der Waals surface area contributed by atoms with Crippen LogP contribution in [-0.4, -0.2) is 36.1 Å². The Morgan fingerprint density at radius 1 is 1.53 bits per heavy atom. The van der Waals surface area contributed by atoms with Crippen molar-refractivity contribution in [2.45, 2.75) is 33.1 Å². The number of carbonyl (C=O) groups excluding carboxylic acids is 1. The molecular formula is C15H21NO2S. The Labute approximate surface area is 119 Å². The summed E-state index contributed by atoms with van der Waals surface area (Å²) in [6.07, 6.45) is 2.58. The molecule has 4 heteroatoms. The zero-order chi connectivity index (χ0) is 14.3. The van der Waals surface area contributed by atoms with Crippen molar-refractivity contribution in [3.05, 3.63) is 21.4 Å². The van der Waals surface area contributed by atoms with Gasteiger partial charge in [0, 0.05) is 20.0 Å². The van der Waals surface area contributed by atoms with Crippen molar-refractivity contribution in [1.82, 2.24) is 4.90 Å². The standard InChI is InChI=1S/C15H21NO2S/c1-4-5-9-16(3)15(18)14-11-12(2)13(19-14)8-6-7-10-17/h11,17H,4-5,7,9-10H2,1-3H3. The van der Waals surface area contributed by atoms with E-state index in [1.54, 1.807) is 4.90 Å². The molecular weight excluding hydrogens is 258 g/mol. The van der Waals surface area contributed by atoms with Crippen molar-refractivity contribution < 1.29 is 9.90 Å². The minimum absolute atomic E-state index is 0.0664. The highest BCUT2D eigenvalue weighted by Gasteiger charge is 2.15. The Kier molecular flexibility index (Phi) is 6.61. The van der Waals surface area contributed by atoms with E-state index in [0.29, 0.717) is 6.42 Å². The maximum atomic E-state index is 12.2. The molecule has 3 nitrogen and oxygen atoms in total.